The number of hydrogen-bond donors (Lipinski definition) is 1. The third-order valence-electron chi connectivity index (χ3n) is 3.26. The molecule has 3 nitrogen and oxygen atoms in total. The summed E-state index contributed by atoms with van der Waals surface area (Å²) in [5.41, 5.74) is 3.82. The molecule has 0 aliphatic rings. The van der Waals surface area contributed by atoms with E-state index in [1.54, 1.807) is 12.1 Å². The molecule has 20 heavy (non-hydrogen) atoms. The summed E-state index contributed by atoms with van der Waals surface area (Å²) in [7, 11) is 0. The molecule has 3 rings (SSSR count). The quantitative estimate of drug-likeness (QED) is 0.744. The smallest absolute Gasteiger partial charge is 0.179 e. The van der Waals surface area contributed by atoms with Gasteiger partial charge in [-0.1, -0.05) is 12.1 Å². The van der Waals surface area contributed by atoms with Gasteiger partial charge in [-0.2, -0.15) is 0 Å². The number of fused-ring (bicyclic) bond motifs is 1. The number of nitrogens with one attached hydrogen (secondary N) is 1. The predicted molar refractivity (Wildman–Crippen MR) is 79.8 cm³/mol. The highest BCUT2D eigenvalue weighted by atomic mass is 32.1. The van der Waals surface area contributed by atoms with Crippen LogP contribution < -0.4 is 0 Å². The van der Waals surface area contributed by atoms with Crippen LogP contribution in [0.15, 0.2) is 36.5 Å². The van der Waals surface area contributed by atoms with Crippen molar-refractivity contribution in [3.05, 3.63) is 58.2 Å². The Kier molecular flexibility index (Phi) is 3.36. The molecule has 0 radical (unpaired) electrons. The van der Waals surface area contributed by atoms with Crippen LogP contribution in [0.3, 0.4) is 0 Å². The van der Waals surface area contributed by atoms with Crippen LogP contribution in [0.2, 0.25) is 0 Å². The molecule has 0 aliphatic heterocycles. The lowest BCUT2D eigenvalue weighted by molar-refractivity contribution is 0.622. The van der Waals surface area contributed by atoms with Gasteiger partial charge < -0.3 is 9.55 Å². The predicted octanol–water partition coefficient (Wildman–Crippen LogP) is 3.78. The summed E-state index contributed by atoms with van der Waals surface area (Å²) in [6, 6.07) is 8.66. The van der Waals surface area contributed by atoms with Gasteiger partial charge in [0.2, 0.25) is 0 Å². The molecular weight excluding hydrogens is 273 g/mol. The summed E-state index contributed by atoms with van der Waals surface area (Å²) in [6.07, 6.45) is 2.54. The Labute approximate surface area is 121 Å². The van der Waals surface area contributed by atoms with Gasteiger partial charge in [0.15, 0.2) is 10.4 Å². The number of aromatic nitrogens is 3. The zero-order valence-electron chi connectivity index (χ0n) is 11.1. The summed E-state index contributed by atoms with van der Waals surface area (Å²) >= 11 is 5.33. The normalized spacial score (nSPS) is 11.1. The Morgan fingerprint density at radius 2 is 2.20 bits per heavy atom. The standard InChI is InChI=1S/C15H14FN3S/c1-10-7-13-14(17-9-10)19(15(20)18-13)6-5-11-3-2-4-12(16)8-11/h2-4,7-9H,5-6H2,1H3,(H,18,20). The highest BCUT2D eigenvalue weighted by Crippen LogP contribution is 2.14. The molecule has 3 aromatic rings. The molecular formula is C15H14FN3S. The maximum absolute atomic E-state index is 13.2. The second-order valence-electron chi connectivity index (χ2n) is 4.85. The second-order valence-corrected chi connectivity index (χ2v) is 5.23. The minimum Gasteiger partial charge on any atom is -0.329 e. The maximum atomic E-state index is 13.2. The Hall–Kier alpha value is -2.01. The lowest BCUT2D eigenvalue weighted by Crippen LogP contribution is -2.02. The van der Waals surface area contributed by atoms with Crippen molar-refractivity contribution in [3.63, 3.8) is 0 Å². The Morgan fingerprint density at radius 3 is 3.00 bits per heavy atom. The van der Waals surface area contributed by atoms with Crippen molar-refractivity contribution in [3.8, 4) is 0 Å². The van der Waals surface area contributed by atoms with E-state index in [-0.39, 0.29) is 5.82 Å². The van der Waals surface area contributed by atoms with Gasteiger partial charge in [-0.05, 0) is 54.9 Å². The van der Waals surface area contributed by atoms with Crippen LogP contribution >= 0.6 is 12.2 Å². The first-order valence-corrected chi connectivity index (χ1v) is 6.84. The average Bonchev–Trinajstić information content (AvgIpc) is 2.71. The molecule has 102 valence electrons. The van der Waals surface area contributed by atoms with Crippen molar-refractivity contribution >= 4 is 23.4 Å². The van der Waals surface area contributed by atoms with Crippen LogP contribution in [-0.4, -0.2) is 14.5 Å². The van der Waals surface area contributed by atoms with Crippen molar-refractivity contribution in [2.75, 3.05) is 0 Å². The van der Waals surface area contributed by atoms with E-state index >= 15 is 0 Å². The number of rotatable bonds is 3. The van der Waals surface area contributed by atoms with E-state index in [9.17, 15) is 4.39 Å². The van der Waals surface area contributed by atoms with E-state index in [1.807, 2.05) is 29.8 Å². The highest BCUT2D eigenvalue weighted by molar-refractivity contribution is 7.71. The van der Waals surface area contributed by atoms with Crippen LogP contribution in [0.5, 0.6) is 0 Å². The molecule has 2 heterocycles. The summed E-state index contributed by atoms with van der Waals surface area (Å²) < 4.78 is 15.8. The van der Waals surface area contributed by atoms with Gasteiger partial charge in [0.1, 0.15) is 5.82 Å². The minimum absolute atomic E-state index is 0.209. The van der Waals surface area contributed by atoms with Gasteiger partial charge in [0.25, 0.3) is 0 Å². The first kappa shape index (κ1) is 13.0. The summed E-state index contributed by atoms with van der Waals surface area (Å²) in [4.78, 5) is 7.58. The van der Waals surface area contributed by atoms with E-state index in [1.165, 1.54) is 6.07 Å². The molecule has 0 spiro atoms. The van der Waals surface area contributed by atoms with Gasteiger partial charge in [-0.15, -0.1) is 0 Å². The number of nitrogens with zero attached hydrogens (tertiary/aromatic N) is 2. The van der Waals surface area contributed by atoms with Crippen LogP contribution in [0.25, 0.3) is 11.2 Å². The monoisotopic (exact) mass is 287 g/mol. The van der Waals surface area contributed by atoms with E-state index in [0.29, 0.717) is 17.7 Å². The average molecular weight is 287 g/mol. The van der Waals surface area contributed by atoms with Crippen molar-refractivity contribution in [1.29, 1.82) is 0 Å². The molecule has 2 aromatic heterocycles. The third kappa shape index (κ3) is 2.49. The number of hydrogen-bond acceptors (Lipinski definition) is 2. The molecule has 0 aliphatic carbocycles. The number of H-pyrrole nitrogens is 1. The van der Waals surface area contributed by atoms with Crippen molar-refractivity contribution < 1.29 is 4.39 Å². The van der Waals surface area contributed by atoms with E-state index in [0.717, 1.165) is 22.3 Å². The number of benzene rings is 1. The summed E-state index contributed by atoms with van der Waals surface area (Å²) in [6.45, 7) is 2.67. The number of pyridine rings is 1. The number of aryl methyl sites for hydroxylation is 3. The Balaban J connectivity index is 1.91. The van der Waals surface area contributed by atoms with Crippen molar-refractivity contribution in [2.45, 2.75) is 19.9 Å². The molecule has 5 heteroatoms. The molecule has 0 unspecified atom stereocenters. The van der Waals surface area contributed by atoms with Gasteiger partial charge in [-0.3, -0.25) is 0 Å². The molecule has 0 atom stereocenters. The molecule has 0 fully saturated rings. The van der Waals surface area contributed by atoms with E-state index in [2.05, 4.69) is 9.97 Å². The van der Waals surface area contributed by atoms with Crippen LogP contribution in [-0.2, 0) is 13.0 Å². The fraction of sp³-hybridized carbons (Fsp3) is 0.200. The molecule has 1 N–H and O–H groups in total. The lowest BCUT2D eigenvalue weighted by Gasteiger charge is -2.04. The van der Waals surface area contributed by atoms with Gasteiger partial charge in [0, 0.05) is 12.7 Å². The largest absolute Gasteiger partial charge is 0.329 e. The van der Waals surface area contributed by atoms with Crippen LogP contribution in [0.4, 0.5) is 4.39 Å². The number of imidazole rings is 1. The van der Waals surface area contributed by atoms with Gasteiger partial charge in [-0.25, -0.2) is 9.37 Å². The lowest BCUT2D eigenvalue weighted by atomic mass is 10.1. The fourth-order valence-electron chi connectivity index (χ4n) is 2.29. The van der Waals surface area contributed by atoms with E-state index in [4.69, 9.17) is 12.2 Å². The SMILES string of the molecule is Cc1cnc2c(c1)[nH]c(=S)n2CCc1cccc(F)c1. The molecule has 0 saturated carbocycles. The van der Waals surface area contributed by atoms with Gasteiger partial charge in [0.05, 0.1) is 5.52 Å². The first-order valence-electron chi connectivity index (χ1n) is 6.43. The zero-order valence-corrected chi connectivity index (χ0v) is 11.9. The minimum atomic E-state index is -0.209. The Morgan fingerprint density at radius 1 is 1.35 bits per heavy atom. The summed E-state index contributed by atoms with van der Waals surface area (Å²) in [5, 5.41) is 0. The van der Waals surface area contributed by atoms with Gasteiger partial charge >= 0.3 is 0 Å². The number of halogens is 1. The molecule has 0 bridgehead atoms. The third-order valence-corrected chi connectivity index (χ3v) is 3.58. The first-order chi connectivity index (χ1) is 9.63. The molecule has 0 amide bonds. The maximum Gasteiger partial charge on any atom is 0.179 e. The van der Waals surface area contributed by atoms with E-state index < -0.39 is 0 Å². The number of aromatic amines is 1. The topological polar surface area (TPSA) is 33.6 Å². The van der Waals surface area contributed by atoms with Crippen LogP contribution in [0.1, 0.15) is 11.1 Å². The fourth-order valence-corrected chi connectivity index (χ4v) is 2.58. The highest BCUT2D eigenvalue weighted by Gasteiger charge is 2.06. The van der Waals surface area contributed by atoms with Crippen molar-refractivity contribution in [2.24, 2.45) is 0 Å². The molecule has 1 aromatic carbocycles. The summed E-state index contributed by atoms with van der Waals surface area (Å²) in [5.74, 6) is -0.209. The molecule has 0 saturated heterocycles. The Bertz CT molecular complexity index is 819. The second kappa shape index (κ2) is 5.17. The zero-order chi connectivity index (χ0) is 14.1. The van der Waals surface area contributed by atoms with Crippen LogP contribution in [0, 0.1) is 17.5 Å². The van der Waals surface area contributed by atoms with Crippen molar-refractivity contribution in [1.82, 2.24) is 14.5 Å².